The zero-order valence-corrected chi connectivity index (χ0v) is 18.6. The number of carbonyl (C=O) groups excluding carboxylic acids is 1. The van der Waals surface area contributed by atoms with Gasteiger partial charge in [0.2, 0.25) is 0 Å². The molecule has 0 fully saturated rings. The van der Waals surface area contributed by atoms with Crippen molar-refractivity contribution in [3.63, 3.8) is 0 Å². The number of hydrogen-bond donors (Lipinski definition) is 0. The van der Waals surface area contributed by atoms with Gasteiger partial charge in [-0.2, -0.15) is 0 Å². The molecule has 1 heterocycles. The standard InChI is InChI=1S/C19H18ClFN4O3S.ClH/c1-23(2)9-4-10-24(19-22-17-15(21)5-3-6-16(17)29-19)18(26)13-11-12(25(27)28)7-8-14(13)20;/h3,5-8,11H,4,9-10H2,1-2H3;1H. The normalized spacial score (nSPS) is 10.8. The fourth-order valence-corrected chi connectivity index (χ4v) is 3.99. The molecular formula is C19H19Cl2FN4O3S. The first-order valence-electron chi connectivity index (χ1n) is 8.73. The van der Waals surface area contributed by atoms with Crippen LogP contribution in [0, 0.1) is 15.9 Å². The molecule has 30 heavy (non-hydrogen) atoms. The number of para-hydroxylation sites is 1. The van der Waals surface area contributed by atoms with Crippen molar-refractivity contribution in [2.45, 2.75) is 6.42 Å². The van der Waals surface area contributed by atoms with E-state index in [1.54, 1.807) is 12.1 Å². The topological polar surface area (TPSA) is 79.6 Å². The molecular weight excluding hydrogens is 454 g/mol. The second-order valence-corrected chi connectivity index (χ2v) is 8.03. The lowest BCUT2D eigenvalue weighted by atomic mass is 10.1. The summed E-state index contributed by atoms with van der Waals surface area (Å²) in [7, 11) is 3.83. The summed E-state index contributed by atoms with van der Waals surface area (Å²) in [6, 6.07) is 8.32. The highest BCUT2D eigenvalue weighted by Gasteiger charge is 2.25. The Morgan fingerprint density at radius 1 is 1.27 bits per heavy atom. The van der Waals surface area contributed by atoms with Crippen molar-refractivity contribution in [3.8, 4) is 0 Å². The van der Waals surface area contributed by atoms with Gasteiger partial charge in [0.15, 0.2) is 5.13 Å². The lowest BCUT2D eigenvalue weighted by Gasteiger charge is -2.21. The Labute approximate surface area is 187 Å². The van der Waals surface area contributed by atoms with E-state index in [9.17, 15) is 19.3 Å². The van der Waals surface area contributed by atoms with E-state index < -0.39 is 16.6 Å². The van der Waals surface area contributed by atoms with Crippen molar-refractivity contribution in [1.29, 1.82) is 0 Å². The van der Waals surface area contributed by atoms with Crippen LogP contribution in [0.3, 0.4) is 0 Å². The number of aromatic nitrogens is 1. The quantitative estimate of drug-likeness (QED) is 0.356. The lowest BCUT2D eigenvalue weighted by molar-refractivity contribution is -0.384. The van der Waals surface area contributed by atoms with Gasteiger partial charge in [-0.15, -0.1) is 12.4 Å². The van der Waals surface area contributed by atoms with E-state index in [1.165, 1.54) is 34.4 Å². The number of halogens is 3. The Kier molecular flexibility index (Phi) is 8.08. The number of anilines is 1. The Hall–Kier alpha value is -2.33. The molecule has 160 valence electrons. The van der Waals surface area contributed by atoms with Gasteiger partial charge < -0.3 is 4.90 Å². The third kappa shape index (κ3) is 5.23. The highest BCUT2D eigenvalue weighted by molar-refractivity contribution is 7.22. The zero-order valence-electron chi connectivity index (χ0n) is 16.2. The molecule has 0 bridgehead atoms. The Bertz CT molecular complexity index is 1080. The van der Waals surface area contributed by atoms with Gasteiger partial charge >= 0.3 is 0 Å². The number of nitrogens with zero attached hydrogens (tertiary/aromatic N) is 4. The summed E-state index contributed by atoms with van der Waals surface area (Å²) in [5, 5.41) is 11.5. The molecule has 0 aliphatic heterocycles. The van der Waals surface area contributed by atoms with Gasteiger partial charge in [-0.05, 0) is 45.3 Å². The third-order valence-electron chi connectivity index (χ3n) is 4.21. The van der Waals surface area contributed by atoms with Crippen molar-refractivity contribution < 1.29 is 14.1 Å². The number of benzene rings is 2. The maximum Gasteiger partial charge on any atom is 0.270 e. The third-order valence-corrected chi connectivity index (χ3v) is 5.59. The van der Waals surface area contributed by atoms with Crippen LogP contribution in [0.25, 0.3) is 10.2 Å². The van der Waals surface area contributed by atoms with E-state index in [0.29, 0.717) is 29.3 Å². The molecule has 11 heteroatoms. The Morgan fingerprint density at radius 2 is 2.00 bits per heavy atom. The number of nitro groups is 1. The van der Waals surface area contributed by atoms with Gasteiger partial charge in [0.1, 0.15) is 11.3 Å². The van der Waals surface area contributed by atoms with E-state index in [0.717, 1.165) is 6.07 Å². The molecule has 0 N–H and O–H groups in total. The minimum atomic E-state index is -0.587. The Balaban J connectivity index is 0.00000320. The number of hydrogen-bond acceptors (Lipinski definition) is 6. The molecule has 0 aliphatic rings. The number of fused-ring (bicyclic) bond motifs is 1. The van der Waals surface area contributed by atoms with Gasteiger partial charge in [-0.3, -0.25) is 19.8 Å². The smallest absolute Gasteiger partial charge is 0.270 e. The van der Waals surface area contributed by atoms with Gasteiger partial charge in [0.05, 0.1) is 20.2 Å². The van der Waals surface area contributed by atoms with Crippen molar-refractivity contribution in [3.05, 3.63) is 62.9 Å². The van der Waals surface area contributed by atoms with E-state index >= 15 is 0 Å². The number of amides is 1. The molecule has 0 atom stereocenters. The van der Waals surface area contributed by atoms with E-state index in [1.807, 2.05) is 19.0 Å². The fraction of sp³-hybridized carbons (Fsp3) is 0.263. The average molecular weight is 473 g/mol. The number of rotatable bonds is 7. The fourth-order valence-electron chi connectivity index (χ4n) is 2.78. The summed E-state index contributed by atoms with van der Waals surface area (Å²) in [5.41, 5.74) is -0.0465. The minimum Gasteiger partial charge on any atom is -0.309 e. The van der Waals surface area contributed by atoms with E-state index in [2.05, 4.69) is 4.98 Å². The first-order valence-corrected chi connectivity index (χ1v) is 9.93. The predicted octanol–water partition coefficient (Wildman–Crippen LogP) is 5.02. The largest absolute Gasteiger partial charge is 0.309 e. The monoisotopic (exact) mass is 472 g/mol. The molecule has 3 aromatic rings. The molecule has 3 rings (SSSR count). The summed E-state index contributed by atoms with van der Waals surface area (Å²) < 4.78 is 14.7. The second kappa shape index (κ2) is 10.1. The number of nitro benzene ring substituents is 1. The summed E-state index contributed by atoms with van der Waals surface area (Å²) in [5.74, 6) is -0.990. The molecule has 0 unspecified atom stereocenters. The SMILES string of the molecule is CN(C)CCCN(C(=O)c1cc([N+](=O)[O-])ccc1Cl)c1nc2c(F)cccc2s1.Cl. The molecule has 0 saturated heterocycles. The van der Waals surface area contributed by atoms with Crippen LogP contribution in [-0.2, 0) is 0 Å². The van der Waals surface area contributed by atoms with E-state index in [4.69, 9.17) is 11.6 Å². The summed E-state index contributed by atoms with van der Waals surface area (Å²) in [4.78, 5) is 31.5. The van der Waals surface area contributed by atoms with Gasteiger partial charge in [-0.1, -0.05) is 29.0 Å². The van der Waals surface area contributed by atoms with Crippen LogP contribution < -0.4 is 4.90 Å². The highest BCUT2D eigenvalue weighted by Crippen LogP contribution is 2.32. The first-order chi connectivity index (χ1) is 13.8. The first kappa shape index (κ1) is 23.9. The molecule has 1 amide bonds. The molecule has 0 radical (unpaired) electrons. The average Bonchev–Trinajstić information content (AvgIpc) is 3.10. The van der Waals surface area contributed by atoms with Crippen LogP contribution >= 0.6 is 35.3 Å². The summed E-state index contributed by atoms with van der Waals surface area (Å²) in [6.45, 7) is 1.02. The maximum absolute atomic E-state index is 14.1. The molecule has 0 aliphatic carbocycles. The summed E-state index contributed by atoms with van der Waals surface area (Å²) in [6.07, 6.45) is 0.629. The number of carbonyl (C=O) groups is 1. The van der Waals surface area contributed by atoms with Crippen LogP contribution in [-0.4, -0.2) is 47.9 Å². The lowest BCUT2D eigenvalue weighted by Crippen LogP contribution is -2.33. The van der Waals surface area contributed by atoms with E-state index in [-0.39, 0.29) is 34.2 Å². The van der Waals surface area contributed by atoms with Crippen LogP contribution in [0.15, 0.2) is 36.4 Å². The highest BCUT2D eigenvalue weighted by atomic mass is 35.5. The van der Waals surface area contributed by atoms with Crippen LogP contribution in [0.5, 0.6) is 0 Å². The van der Waals surface area contributed by atoms with Gasteiger partial charge in [0.25, 0.3) is 11.6 Å². The molecule has 1 aromatic heterocycles. The van der Waals surface area contributed by atoms with Gasteiger partial charge in [-0.25, -0.2) is 9.37 Å². The van der Waals surface area contributed by atoms with Crippen LogP contribution in [0.1, 0.15) is 16.8 Å². The minimum absolute atomic E-state index is 0. The molecule has 2 aromatic carbocycles. The van der Waals surface area contributed by atoms with Crippen molar-refractivity contribution in [2.75, 3.05) is 32.1 Å². The molecule has 7 nitrogen and oxygen atoms in total. The van der Waals surface area contributed by atoms with Crippen LogP contribution in [0.2, 0.25) is 5.02 Å². The van der Waals surface area contributed by atoms with Crippen molar-refractivity contribution in [1.82, 2.24) is 9.88 Å². The number of thiazole rings is 1. The van der Waals surface area contributed by atoms with Crippen molar-refractivity contribution in [2.24, 2.45) is 0 Å². The second-order valence-electron chi connectivity index (χ2n) is 6.62. The Morgan fingerprint density at radius 3 is 2.63 bits per heavy atom. The number of non-ortho nitro benzene ring substituents is 1. The molecule has 0 saturated carbocycles. The van der Waals surface area contributed by atoms with Gasteiger partial charge in [0, 0.05) is 18.7 Å². The maximum atomic E-state index is 14.1. The van der Waals surface area contributed by atoms with Crippen molar-refractivity contribution >= 4 is 62.3 Å². The predicted molar refractivity (Wildman–Crippen MR) is 120 cm³/mol. The summed E-state index contributed by atoms with van der Waals surface area (Å²) >= 11 is 7.34. The zero-order chi connectivity index (χ0) is 21.1. The molecule has 0 spiro atoms. The van der Waals surface area contributed by atoms with Crippen LogP contribution in [0.4, 0.5) is 15.2 Å².